The number of aromatic nitrogens is 4. The minimum atomic E-state index is -0.455. The molecule has 32 heavy (non-hydrogen) atoms. The van der Waals surface area contributed by atoms with Crippen molar-refractivity contribution in [3.63, 3.8) is 0 Å². The molecule has 4 rings (SSSR count). The summed E-state index contributed by atoms with van der Waals surface area (Å²) >= 11 is 0. The number of aryl methyl sites for hydroxylation is 3. The second-order valence-corrected chi connectivity index (χ2v) is 7.53. The van der Waals surface area contributed by atoms with E-state index < -0.39 is 6.04 Å². The summed E-state index contributed by atoms with van der Waals surface area (Å²) in [5.74, 6) is 1.18. The Balaban J connectivity index is 1.71. The van der Waals surface area contributed by atoms with Gasteiger partial charge in [0, 0.05) is 31.5 Å². The van der Waals surface area contributed by atoms with E-state index in [0.29, 0.717) is 34.7 Å². The third-order valence-electron chi connectivity index (χ3n) is 5.53. The summed E-state index contributed by atoms with van der Waals surface area (Å²) < 4.78 is 8.79. The molecule has 8 nitrogen and oxygen atoms in total. The predicted molar refractivity (Wildman–Crippen MR) is 122 cm³/mol. The fourth-order valence-corrected chi connectivity index (χ4v) is 3.79. The zero-order valence-corrected chi connectivity index (χ0v) is 18.5. The summed E-state index contributed by atoms with van der Waals surface area (Å²) in [4.78, 5) is 34.4. The monoisotopic (exact) mass is 431 g/mol. The van der Waals surface area contributed by atoms with Crippen LogP contribution in [0.4, 0.5) is 0 Å². The van der Waals surface area contributed by atoms with Gasteiger partial charge in [0.2, 0.25) is 0 Å². The first-order chi connectivity index (χ1) is 15.4. The van der Waals surface area contributed by atoms with E-state index in [1.165, 1.54) is 0 Å². The van der Waals surface area contributed by atoms with E-state index in [2.05, 4.69) is 15.3 Å². The number of methoxy groups -OCH3 is 1. The van der Waals surface area contributed by atoms with Gasteiger partial charge in [-0.05, 0) is 49.7 Å². The van der Waals surface area contributed by atoms with Gasteiger partial charge in [-0.3, -0.25) is 9.59 Å². The lowest BCUT2D eigenvalue weighted by Crippen LogP contribution is -2.31. The lowest BCUT2D eigenvalue weighted by atomic mass is 10.0. The Bertz CT molecular complexity index is 1340. The highest BCUT2D eigenvalue weighted by molar-refractivity contribution is 5.97. The number of fused-ring (bicyclic) bond motifs is 1. The van der Waals surface area contributed by atoms with E-state index in [0.717, 1.165) is 11.3 Å². The Hall–Kier alpha value is -3.94. The molecule has 8 heteroatoms. The normalized spacial score (nSPS) is 12.0. The molecular formula is C24H25N5O3. The first kappa shape index (κ1) is 21.3. The van der Waals surface area contributed by atoms with Crippen LogP contribution < -0.4 is 15.6 Å². The maximum absolute atomic E-state index is 13.2. The molecule has 2 aromatic heterocycles. The molecule has 0 bridgehead atoms. The molecule has 2 aromatic carbocycles. The molecule has 2 heterocycles. The van der Waals surface area contributed by atoms with Crippen LogP contribution in [0.15, 0.2) is 59.7 Å². The lowest BCUT2D eigenvalue weighted by Gasteiger charge is -2.20. The average Bonchev–Trinajstić information content (AvgIpc) is 3.23. The minimum absolute atomic E-state index is 0.119. The minimum Gasteiger partial charge on any atom is -0.497 e. The highest BCUT2D eigenvalue weighted by Gasteiger charge is 2.22. The summed E-state index contributed by atoms with van der Waals surface area (Å²) in [6.45, 7) is 4.12. The van der Waals surface area contributed by atoms with Crippen molar-refractivity contribution in [1.82, 2.24) is 24.4 Å². The largest absolute Gasteiger partial charge is 0.497 e. The van der Waals surface area contributed by atoms with E-state index in [1.807, 2.05) is 49.0 Å². The van der Waals surface area contributed by atoms with Gasteiger partial charge in [0.15, 0.2) is 0 Å². The van der Waals surface area contributed by atoms with Crippen molar-refractivity contribution in [3.05, 3.63) is 87.9 Å². The molecule has 1 amide bonds. The highest BCUT2D eigenvalue weighted by Crippen LogP contribution is 2.24. The van der Waals surface area contributed by atoms with Crippen LogP contribution in [0, 0.1) is 6.92 Å². The van der Waals surface area contributed by atoms with E-state index in [1.54, 1.807) is 43.0 Å². The number of hydrogen-bond acceptors (Lipinski definition) is 5. The average molecular weight is 431 g/mol. The van der Waals surface area contributed by atoms with Crippen molar-refractivity contribution >= 4 is 16.9 Å². The van der Waals surface area contributed by atoms with Crippen molar-refractivity contribution in [2.24, 2.45) is 7.05 Å². The zero-order chi connectivity index (χ0) is 22.8. The van der Waals surface area contributed by atoms with Gasteiger partial charge in [0.05, 0.1) is 18.1 Å². The van der Waals surface area contributed by atoms with Crippen molar-refractivity contribution in [2.45, 2.75) is 26.4 Å². The third kappa shape index (κ3) is 3.87. The lowest BCUT2D eigenvalue weighted by molar-refractivity contribution is 0.0941. The number of carbonyl (C=O) groups excluding carboxylic acids is 1. The van der Waals surface area contributed by atoms with Crippen molar-refractivity contribution in [1.29, 1.82) is 0 Å². The summed E-state index contributed by atoms with van der Waals surface area (Å²) in [5.41, 5.74) is 2.93. The number of carbonyl (C=O) groups is 1. The second kappa shape index (κ2) is 8.66. The van der Waals surface area contributed by atoms with Crippen molar-refractivity contribution in [2.75, 3.05) is 7.11 Å². The molecule has 1 N–H and O–H groups in total. The Kier molecular flexibility index (Phi) is 5.77. The van der Waals surface area contributed by atoms with Gasteiger partial charge >= 0.3 is 0 Å². The number of nitrogens with one attached hydrogen (secondary N) is 1. The SMILES string of the molecule is CCn1c(=O)c(C)nc2cc(C(=O)NC(c3ccc(OC)cc3)c3nccn3C)ccc21. The molecule has 0 aliphatic carbocycles. The van der Waals surface area contributed by atoms with Gasteiger partial charge in [-0.15, -0.1) is 0 Å². The van der Waals surface area contributed by atoms with Crippen LogP contribution in [-0.4, -0.2) is 32.1 Å². The van der Waals surface area contributed by atoms with Crippen molar-refractivity contribution < 1.29 is 9.53 Å². The quantitative estimate of drug-likeness (QED) is 0.507. The van der Waals surface area contributed by atoms with Crippen LogP contribution in [-0.2, 0) is 13.6 Å². The summed E-state index contributed by atoms with van der Waals surface area (Å²) in [5, 5.41) is 3.09. The summed E-state index contributed by atoms with van der Waals surface area (Å²) in [6, 6.07) is 12.3. The standard InChI is InChI=1S/C24H25N5O3/c1-5-29-20-11-8-17(14-19(20)26-15(2)24(29)31)23(30)27-21(22-25-12-13-28(22)3)16-6-9-18(32-4)10-7-16/h6-14,21H,5H2,1-4H3,(H,27,30). The third-order valence-corrected chi connectivity index (χ3v) is 5.53. The molecule has 0 saturated carbocycles. The molecule has 0 aliphatic heterocycles. The van der Waals surface area contributed by atoms with Crippen LogP contribution in [0.3, 0.4) is 0 Å². The van der Waals surface area contributed by atoms with Crippen LogP contribution >= 0.6 is 0 Å². The molecule has 0 radical (unpaired) electrons. The van der Waals surface area contributed by atoms with Crippen LogP contribution in [0.25, 0.3) is 11.0 Å². The Morgan fingerprint density at radius 2 is 1.94 bits per heavy atom. The number of imidazole rings is 1. The van der Waals surface area contributed by atoms with Gasteiger partial charge in [0.1, 0.15) is 23.3 Å². The number of benzene rings is 2. The molecule has 4 aromatic rings. The fourth-order valence-electron chi connectivity index (χ4n) is 3.79. The van der Waals surface area contributed by atoms with E-state index in [9.17, 15) is 9.59 Å². The summed E-state index contributed by atoms with van der Waals surface area (Å²) in [6.07, 6.45) is 3.54. The molecular weight excluding hydrogens is 406 g/mol. The number of rotatable bonds is 6. The van der Waals surface area contributed by atoms with Gasteiger partial charge in [-0.1, -0.05) is 12.1 Å². The topological polar surface area (TPSA) is 91.0 Å². The Labute approximate surface area is 185 Å². The van der Waals surface area contributed by atoms with Crippen LogP contribution in [0.2, 0.25) is 0 Å². The fraction of sp³-hybridized carbons (Fsp3) is 0.250. The van der Waals surface area contributed by atoms with E-state index in [-0.39, 0.29) is 11.5 Å². The molecule has 1 atom stereocenters. The highest BCUT2D eigenvalue weighted by atomic mass is 16.5. The van der Waals surface area contributed by atoms with E-state index in [4.69, 9.17) is 4.74 Å². The van der Waals surface area contributed by atoms with Crippen LogP contribution in [0.5, 0.6) is 5.75 Å². The van der Waals surface area contributed by atoms with Gasteiger partial charge in [0.25, 0.3) is 11.5 Å². The molecule has 164 valence electrons. The maximum Gasteiger partial charge on any atom is 0.272 e. The smallest absolute Gasteiger partial charge is 0.272 e. The number of nitrogens with zero attached hydrogens (tertiary/aromatic N) is 4. The van der Waals surface area contributed by atoms with Crippen molar-refractivity contribution in [3.8, 4) is 5.75 Å². The van der Waals surface area contributed by atoms with Gasteiger partial charge < -0.3 is 19.2 Å². The Morgan fingerprint density at radius 1 is 1.19 bits per heavy atom. The zero-order valence-electron chi connectivity index (χ0n) is 18.5. The molecule has 1 unspecified atom stereocenters. The van der Waals surface area contributed by atoms with E-state index >= 15 is 0 Å². The second-order valence-electron chi connectivity index (χ2n) is 7.53. The molecule has 0 aliphatic rings. The maximum atomic E-state index is 13.2. The Morgan fingerprint density at radius 3 is 2.56 bits per heavy atom. The number of hydrogen-bond donors (Lipinski definition) is 1. The first-order valence-electron chi connectivity index (χ1n) is 10.4. The first-order valence-corrected chi connectivity index (χ1v) is 10.4. The number of amides is 1. The number of ether oxygens (including phenoxy) is 1. The molecule has 0 fully saturated rings. The molecule has 0 spiro atoms. The van der Waals surface area contributed by atoms with Crippen LogP contribution in [0.1, 0.15) is 40.4 Å². The van der Waals surface area contributed by atoms with Gasteiger partial charge in [-0.2, -0.15) is 0 Å². The van der Waals surface area contributed by atoms with Gasteiger partial charge in [-0.25, -0.2) is 9.97 Å². The predicted octanol–water partition coefficient (Wildman–Crippen LogP) is 2.99. The molecule has 0 saturated heterocycles. The summed E-state index contributed by atoms with van der Waals surface area (Å²) in [7, 11) is 3.50.